The van der Waals surface area contributed by atoms with Gasteiger partial charge in [0.1, 0.15) is 12.2 Å². The Morgan fingerprint density at radius 1 is 1.38 bits per heavy atom. The normalized spacial score (nSPS) is 22.9. The Hall–Kier alpha value is -0.980. The van der Waals surface area contributed by atoms with Gasteiger partial charge in [-0.15, -0.1) is 0 Å². The number of alkyl halides is 2. The number of piperidine rings is 1. The highest BCUT2D eigenvalue weighted by Crippen LogP contribution is 2.29. The van der Waals surface area contributed by atoms with Crippen molar-refractivity contribution in [3.8, 4) is 0 Å². The molecule has 7 heteroatoms. The summed E-state index contributed by atoms with van der Waals surface area (Å²) in [5, 5.41) is 3.87. The molecule has 1 aromatic rings. The van der Waals surface area contributed by atoms with Crippen molar-refractivity contribution in [1.82, 2.24) is 14.7 Å². The molecule has 0 saturated carbocycles. The van der Waals surface area contributed by atoms with Crippen LogP contribution in [0.3, 0.4) is 0 Å². The molecule has 0 N–H and O–H groups in total. The van der Waals surface area contributed by atoms with Crippen LogP contribution in [0.5, 0.6) is 0 Å². The minimum absolute atomic E-state index is 0.00579. The SMILES string of the molecule is Cc1c(Br)c(C(F)F)nn1CC(=O)N1[C@@H](C)CCC[C@@H]1C. The highest BCUT2D eigenvalue weighted by Gasteiger charge is 2.30. The number of carbonyl (C=O) groups excluding carboxylic acids is 1. The van der Waals surface area contributed by atoms with E-state index in [1.165, 1.54) is 4.68 Å². The number of carbonyl (C=O) groups is 1. The summed E-state index contributed by atoms with van der Waals surface area (Å²) in [6.45, 7) is 5.75. The first kappa shape index (κ1) is 16.4. The number of hydrogen-bond donors (Lipinski definition) is 0. The van der Waals surface area contributed by atoms with Gasteiger partial charge in [0.2, 0.25) is 5.91 Å². The maximum Gasteiger partial charge on any atom is 0.283 e. The smallest absolute Gasteiger partial charge is 0.283 e. The van der Waals surface area contributed by atoms with Crippen molar-refractivity contribution in [2.75, 3.05) is 0 Å². The molecule has 1 aromatic heterocycles. The summed E-state index contributed by atoms with van der Waals surface area (Å²) in [6, 6.07) is 0.380. The number of nitrogens with zero attached hydrogens (tertiary/aromatic N) is 3. The third-order valence-electron chi connectivity index (χ3n) is 4.13. The van der Waals surface area contributed by atoms with Crippen LogP contribution in [-0.2, 0) is 11.3 Å². The van der Waals surface area contributed by atoms with E-state index in [0.717, 1.165) is 19.3 Å². The van der Waals surface area contributed by atoms with Crippen LogP contribution in [0.1, 0.15) is 50.9 Å². The molecule has 0 spiro atoms. The van der Waals surface area contributed by atoms with Gasteiger partial charge in [-0.05, 0) is 56.0 Å². The monoisotopic (exact) mass is 363 g/mol. The van der Waals surface area contributed by atoms with E-state index < -0.39 is 6.43 Å². The maximum absolute atomic E-state index is 12.8. The van der Waals surface area contributed by atoms with Crippen LogP contribution < -0.4 is 0 Å². The molecular weight excluding hydrogens is 344 g/mol. The standard InChI is InChI=1S/C14H20BrF2N3O/c1-8-5-4-6-9(2)20(8)11(21)7-19-10(3)12(15)13(18-19)14(16)17/h8-9,14H,4-7H2,1-3H3/t8-,9-/m0/s1. The van der Waals surface area contributed by atoms with Crippen LogP contribution in [0.15, 0.2) is 4.47 Å². The third kappa shape index (κ3) is 3.27. The Bertz CT molecular complexity index is 523. The summed E-state index contributed by atoms with van der Waals surface area (Å²) in [6.07, 6.45) is 0.441. The van der Waals surface area contributed by atoms with Gasteiger partial charge < -0.3 is 4.90 Å². The highest BCUT2D eigenvalue weighted by atomic mass is 79.9. The summed E-state index contributed by atoms with van der Waals surface area (Å²) in [7, 11) is 0. The summed E-state index contributed by atoms with van der Waals surface area (Å²) < 4.78 is 27.3. The molecule has 4 nitrogen and oxygen atoms in total. The molecule has 1 aliphatic rings. The van der Waals surface area contributed by atoms with E-state index in [0.29, 0.717) is 5.69 Å². The lowest BCUT2D eigenvalue weighted by molar-refractivity contribution is -0.138. The predicted octanol–water partition coefficient (Wildman–Crippen LogP) is 3.68. The van der Waals surface area contributed by atoms with Crippen LogP contribution in [0.25, 0.3) is 0 Å². The minimum Gasteiger partial charge on any atom is -0.336 e. The molecule has 2 rings (SSSR count). The Morgan fingerprint density at radius 3 is 2.43 bits per heavy atom. The fraction of sp³-hybridized carbons (Fsp3) is 0.714. The van der Waals surface area contributed by atoms with Gasteiger partial charge in [-0.1, -0.05) is 0 Å². The van der Waals surface area contributed by atoms with Crippen molar-refractivity contribution in [3.63, 3.8) is 0 Å². The van der Waals surface area contributed by atoms with E-state index in [1.54, 1.807) is 6.92 Å². The molecule has 0 unspecified atom stereocenters. The van der Waals surface area contributed by atoms with Gasteiger partial charge >= 0.3 is 0 Å². The average molecular weight is 364 g/mol. The van der Waals surface area contributed by atoms with Gasteiger partial charge in [0.05, 0.1) is 10.2 Å². The number of aromatic nitrogens is 2. The van der Waals surface area contributed by atoms with Crippen molar-refractivity contribution in [2.24, 2.45) is 0 Å². The molecule has 118 valence electrons. The Morgan fingerprint density at radius 2 is 1.95 bits per heavy atom. The predicted molar refractivity (Wildman–Crippen MR) is 79.2 cm³/mol. The molecule has 0 aromatic carbocycles. The summed E-state index contributed by atoms with van der Waals surface area (Å²) >= 11 is 3.12. The zero-order valence-electron chi connectivity index (χ0n) is 12.4. The quantitative estimate of drug-likeness (QED) is 0.821. The van der Waals surface area contributed by atoms with E-state index in [1.807, 2.05) is 18.7 Å². The van der Waals surface area contributed by atoms with Gasteiger partial charge in [0.25, 0.3) is 6.43 Å². The molecule has 0 bridgehead atoms. The zero-order valence-corrected chi connectivity index (χ0v) is 14.0. The third-order valence-corrected chi connectivity index (χ3v) is 5.11. The average Bonchev–Trinajstić information content (AvgIpc) is 2.67. The number of halogens is 3. The fourth-order valence-electron chi connectivity index (χ4n) is 2.96. The van der Waals surface area contributed by atoms with Crippen LogP contribution in [0.2, 0.25) is 0 Å². The van der Waals surface area contributed by atoms with Crippen LogP contribution in [0.4, 0.5) is 8.78 Å². The van der Waals surface area contributed by atoms with Gasteiger partial charge in [0, 0.05) is 12.1 Å². The van der Waals surface area contributed by atoms with E-state index in [4.69, 9.17) is 0 Å². The molecule has 0 radical (unpaired) electrons. The van der Waals surface area contributed by atoms with Crippen molar-refractivity contribution in [3.05, 3.63) is 15.9 Å². The van der Waals surface area contributed by atoms with E-state index in [2.05, 4.69) is 21.0 Å². The summed E-state index contributed by atoms with van der Waals surface area (Å²) in [5.41, 5.74) is 0.246. The Labute approximate surface area is 131 Å². The number of hydrogen-bond acceptors (Lipinski definition) is 2. The molecular formula is C14H20BrF2N3O. The molecule has 1 amide bonds. The molecule has 2 heterocycles. The number of likely N-dealkylation sites (tertiary alicyclic amines) is 1. The zero-order chi connectivity index (χ0) is 15.7. The topological polar surface area (TPSA) is 38.1 Å². The first-order valence-electron chi connectivity index (χ1n) is 7.15. The number of rotatable bonds is 3. The Balaban J connectivity index is 2.18. The van der Waals surface area contributed by atoms with E-state index in [-0.39, 0.29) is 34.7 Å². The van der Waals surface area contributed by atoms with Crippen LogP contribution in [-0.4, -0.2) is 32.7 Å². The van der Waals surface area contributed by atoms with Crippen molar-refractivity contribution < 1.29 is 13.6 Å². The summed E-state index contributed by atoms with van der Waals surface area (Å²) in [4.78, 5) is 14.4. The summed E-state index contributed by atoms with van der Waals surface area (Å²) in [5.74, 6) is -0.0615. The first-order valence-corrected chi connectivity index (χ1v) is 7.94. The molecule has 21 heavy (non-hydrogen) atoms. The molecule has 0 aliphatic carbocycles. The molecule has 2 atom stereocenters. The van der Waals surface area contributed by atoms with Crippen molar-refractivity contribution in [1.29, 1.82) is 0 Å². The van der Waals surface area contributed by atoms with Crippen molar-refractivity contribution in [2.45, 2.75) is 65.1 Å². The van der Waals surface area contributed by atoms with E-state index in [9.17, 15) is 13.6 Å². The first-order chi connectivity index (χ1) is 9.82. The van der Waals surface area contributed by atoms with Gasteiger partial charge in [-0.25, -0.2) is 8.78 Å². The fourth-order valence-corrected chi connectivity index (χ4v) is 3.42. The van der Waals surface area contributed by atoms with Gasteiger partial charge in [0.15, 0.2) is 0 Å². The lowest BCUT2D eigenvalue weighted by Gasteiger charge is -2.39. The molecule has 1 saturated heterocycles. The van der Waals surface area contributed by atoms with E-state index >= 15 is 0 Å². The van der Waals surface area contributed by atoms with Crippen LogP contribution in [0, 0.1) is 6.92 Å². The van der Waals surface area contributed by atoms with Gasteiger partial charge in [-0.3, -0.25) is 9.48 Å². The lowest BCUT2D eigenvalue weighted by Crippen LogP contribution is -2.48. The Kier molecular flexibility index (Phi) is 5.01. The molecule has 1 fully saturated rings. The lowest BCUT2D eigenvalue weighted by atomic mass is 9.97. The second-order valence-electron chi connectivity index (χ2n) is 5.67. The van der Waals surface area contributed by atoms with Gasteiger partial charge in [-0.2, -0.15) is 5.10 Å². The largest absolute Gasteiger partial charge is 0.336 e. The van der Waals surface area contributed by atoms with Crippen molar-refractivity contribution >= 4 is 21.8 Å². The minimum atomic E-state index is -2.65. The number of amides is 1. The maximum atomic E-state index is 12.8. The van der Waals surface area contributed by atoms with Crippen LogP contribution >= 0.6 is 15.9 Å². The highest BCUT2D eigenvalue weighted by molar-refractivity contribution is 9.10. The molecule has 1 aliphatic heterocycles. The second kappa shape index (κ2) is 6.42. The second-order valence-corrected chi connectivity index (χ2v) is 6.47.